The topological polar surface area (TPSA) is 59.0 Å². The highest BCUT2D eigenvalue weighted by molar-refractivity contribution is 5.41. The second kappa shape index (κ2) is 3.56. The lowest BCUT2D eigenvalue weighted by molar-refractivity contribution is 0.278. The summed E-state index contributed by atoms with van der Waals surface area (Å²) in [7, 11) is 0. The molecule has 2 N–H and O–H groups in total. The van der Waals surface area contributed by atoms with Crippen molar-refractivity contribution in [3.8, 4) is 11.8 Å². The predicted molar refractivity (Wildman–Crippen MR) is 57.5 cm³/mol. The van der Waals surface area contributed by atoms with Gasteiger partial charge in [-0.15, -0.1) is 0 Å². The molecule has 1 fully saturated rings. The Labute approximate surface area is 89.5 Å². The van der Waals surface area contributed by atoms with Crippen LogP contribution in [-0.4, -0.2) is 12.1 Å². The molecule has 0 aliphatic heterocycles. The van der Waals surface area contributed by atoms with Gasteiger partial charge in [0.05, 0.1) is 17.2 Å². The first-order valence-corrected chi connectivity index (χ1v) is 5.05. The number of nitrogens with two attached hydrogens (primary N) is 1. The molecule has 0 unspecified atom stereocenters. The summed E-state index contributed by atoms with van der Waals surface area (Å²) >= 11 is 0. The Balaban J connectivity index is 2.09. The third kappa shape index (κ3) is 2.28. The molecule has 0 radical (unpaired) electrons. The fourth-order valence-corrected chi connectivity index (χ4v) is 1.35. The molecule has 0 spiro atoms. The zero-order chi connectivity index (χ0) is 10.9. The first-order valence-electron chi connectivity index (χ1n) is 5.05. The number of rotatable bonds is 3. The summed E-state index contributed by atoms with van der Waals surface area (Å²) in [6.07, 6.45) is 2.06. The van der Waals surface area contributed by atoms with Crippen LogP contribution in [0, 0.1) is 18.3 Å². The number of hydrogen-bond donors (Lipinski definition) is 1. The highest BCUT2D eigenvalue weighted by atomic mass is 16.5. The molecule has 0 aromatic heterocycles. The molecule has 1 aliphatic rings. The Hall–Kier alpha value is -1.53. The number of nitriles is 1. The van der Waals surface area contributed by atoms with Gasteiger partial charge in [0.25, 0.3) is 0 Å². The Bertz CT molecular complexity index is 416. The molecular weight excluding hydrogens is 188 g/mol. The summed E-state index contributed by atoms with van der Waals surface area (Å²) in [5.41, 5.74) is 7.47. The van der Waals surface area contributed by atoms with Gasteiger partial charge >= 0.3 is 0 Å². The average Bonchev–Trinajstić information content (AvgIpc) is 2.96. The van der Waals surface area contributed by atoms with Crippen molar-refractivity contribution in [3.05, 3.63) is 29.3 Å². The van der Waals surface area contributed by atoms with E-state index >= 15 is 0 Å². The van der Waals surface area contributed by atoms with Crippen LogP contribution in [0.2, 0.25) is 0 Å². The third-order valence-electron chi connectivity index (χ3n) is 2.72. The van der Waals surface area contributed by atoms with Gasteiger partial charge in [-0.3, -0.25) is 0 Å². The molecule has 3 heteroatoms. The molecule has 3 nitrogen and oxygen atoms in total. The van der Waals surface area contributed by atoms with Crippen LogP contribution in [0.25, 0.3) is 0 Å². The minimum Gasteiger partial charge on any atom is -0.491 e. The smallest absolute Gasteiger partial charge is 0.123 e. The van der Waals surface area contributed by atoms with E-state index < -0.39 is 0 Å². The zero-order valence-electron chi connectivity index (χ0n) is 8.79. The fraction of sp³-hybridized carbons (Fsp3) is 0.417. The number of hydrogen-bond acceptors (Lipinski definition) is 3. The van der Waals surface area contributed by atoms with E-state index in [2.05, 4.69) is 6.07 Å². The lowest BCUT2D eigenvalue weighted by Gasteiger charge is -2.13. The molecule has 1 aromatic rings. The molecule has 2 rings (SSSR count). The maximum atomic E-state index is 8.76. The first kappa shape index (κ1) is 10.0. The number of ether oxygens (including phenoxy) is 1. The minimum absolute atomic E-state index is 0.116. The van der Waals surface area contributed by atoms with E-state index in [1.165, 1.54) is 0 Å². The molecule has 15 heavy (non-hydrogen) atoms. The van der Waals surface area contributed by atoms with Gasteiger partial charge < -0.3 is 10.5 Å². The van der Waals surface area contributed by atoms with Crippen LogP contribution < -0.4 is 10.5 Å². The lowest BCUT2D eigenvalue weighted by Crippen LogP contribution is -2.29. The van der Waals surface area contributed by atoms with Crippen molar-refractivity contribution in [3.63, 3.8) is 0 Å². The highest BCUT2D eigenvalue weighted by Crippen LogP contribution is 2.33. The quantitative estimate of drug-likeness (QED) is 0.812. The molecule has 0 bridgehead atoms. The minimum atomic E-state index is -0.116. The molecule has 78 valence electrons. The van der Waals surface area contributed by atoms with E-state index in [1.54, 1.807) is 12.1 Å². The first-order chi connectivity index (χ1) is 7.13. The van der Waals surface area contributed by atoms with Gasteiger partial charge in [0, 0.05) is 0 Å². The largest absolute Gasteiger partial charge is 0.491 e. The standard InChI is InChI=1S/C12H14N2O/c1-9-2-3-10(7-13)6-11(9)15-8-12(14)4-5-12/h2-3,6H,4-5,8,14H2,1H3. The maximum Gasteiger partial charge on any atom is 0.123 e. The molecule has 0 atom stereocenters. The van der Waals surface area contributed by atoms with Crippen molar-refractivity contribution in [2.75, 3.05) is 6.61 Å². The van der Waals surface area contributed by atoms with E-state index in [4.69, 9.17) is 15.7 Å². The van der Waals surface area contributed by atoms with Crippen molar-refractivity contribution in [1.29, 1.82) is 5.26 Å². The summed E-state index contributed by atoms with van der Waals surface area (Å²) in [5.74, 6) is 0.769. The van der Waals surface area contributed by atoms with E-state index in [-0.39, 0.29) is 5.54 Å². The van der Waals surface area contributed by atoms with Crippen LogP contribution in [0.1, 0.15) is 24.0 Å². The Morgan fingerprint density at radius 1 is 1.53 bits per heavy atom. The predicted octanol–water partition coefficient (Wildman–Crippen LogP) is 1.74. The zero-order valence-corrected chi connectivity index (χ0v) is 8.79. The van der Waals surface area contributed by atoms with Gasteiger partial charge in [0.15, 0.2) is 0 Å². The molecule has 0 heterocycles. The van der Waals surface area contributed by atoms with Crippen molar-refractivity contribution in [1.82, 2.24) is 0 Å². The van der Waals surface area contributed by atoms with Gasteiger partial charge in [-0.05, 0) is 37.5 Å². The van der Waals surface area contributed by atoms with Crippen molar-refractivity contribution in [2.45, 2.75) is 25.3 Å². The van der Waals surface area contributed by atoms with E-state index in [1.807, 2.05) is 13.0 Å². The molecule has 1 aromatic carbocycles. The van der Waals surface area contributed by atoms with Crippen LogP contribution in [0.3, 0.4) is 0 Å². The summed E-state index contributed by atoms with van der Waals surface area (Å²) in [5, 5.41) is 8.76. The second-order valence-electron chi connectivity index (χ2n) is 4.24. The Morgan fingerprint density at radius 2 is 2.27 bits per heavy atom. The monoisotopic (exact) mass is 202 g/mol. The van der Waals surface area contributed by atoms with Gasteiger partial charge in [0.1, 0.15) is 12.4 Å². The molecule has 1 saturated carbocycles. The number of nitrogens with zero attached hydrogens (tertiary/aromatic N) is 1. The normalized spacial score (nSPS) is 16.9. The summed E-state index contributed by atoms with van der Waals surface area (Å²) in [4.78, 5) is 0. The SMILES string of the molecule is Cc1ccc(C#N)cc1OCC1(N)CC1. The van der Waals surface area contributed by atoms with Crippen molar-refractivity contribution >= 4 is 0 Å². The highest BCUT2D eigenvalue weighted by Gasteiger charge is 2.39. The van der Waals surface area contributed by atoms with Gasteiger partial charge in [-0.2, -0.15) is 5.26 Å². The molecule has 0 saturated heterocycles. The van der Waals surface area contributed by atoms with Crippen LogP contribution in [0.4, 0.5) is 0 Å². The van der Waals surface area contributed by atoms with Crippen LogP contribution in [0.15, 0.2) is 18.2 Å². The summed E-state index contributed by atoms with van der Waals surface area (Å²) in [6.45, 7) is 2.51. The Morgan fingerprint density at radius 3 is 2.87 bits per heavy atom. The molecule has 0 amide bonds. The Kier molecular flexibility index (Phi) is 2.37. The van der Waals surface area contributed by atoms with Gasteiger partial charge in [0.2, 0.25) is 0 Å². The van der Waals surface area contributed by atoms with Crippen LogP contribution >= 0.6 is 0 Å². The summed E-state index contributed by atoms with van der Waals surface area (Å²) in [6, 6.07) is 7.54. The number of benzene rings is 1. The second-order valence-corrected chi connectivity index (χ2v) is 4.24. The van der Waals surface area contributed by atoms with E-state index in [0.29, 0.717) is 12.2 Å². The van der Waals surface area contributed by atoms with E-state index in [9.17, 15) is 0 Å². The van der Waals surface area contributed by atoms with Gasteiger partial charge in [-0.25, -0.2) is 0 Å². The third-order valence-corrected chi connectivity index (χ3v) is 2.72. The fourth-order valence-electron chi connectivity index (χ4n) is 1.35. The number of aryl methyl sites for hydroxylation is 1. The molecular formula is C12H14N2O. The van der Waals surface area contributed by atoms with Crippen molar-refractivity contribution < 1.29 is 4.74 Å². The van der Waals surface area contributed by atoms with Crippen LogP contribution in [-0.2, 0) is 0 Å². The van der Waals surface area contributed by atoms with Gasteiger partial charge in [-0.1, -0.05) is 6.07 Å². The summed E-state index contributed by atoms with van der Waals surface area (Å²) < 4.78 is 5.63. The van der Waals surface area contributed by atoms with Crippen molar-refractivity contribution in [2.24, 2.45) is 5.73 Å². The average molecular weight is 202 g/mol. The maximum absolute atomic E-state index is 8.76. The molecule has 1 aliphatic carbocycles. The van der Waals surface area contributed by atoms with E-state index in [0.717, 1.165) is 24.2 Å². The van der Waals surface area contributed by atoms with Crippen LogP contribution in [0.5, 0.6) is 5.75 Å². The lowest BCUT2D eigenvalue weighted by atomic mass is 10.1.